The van der Waals surface area contributed by atoms with Crippen molar-refractivity contribution in [2.75, 3.05) is 14.2 Å². The standard InChI is InChI=1S/C16H18N4O3/c1-5-11-14-16(21)18-15(19-20(14)9(2)17-11)10-6-7-12(22-3)13(8-10)23-4/h6-8H,5H2,1-4H3,(H,18,19,21). The van der Waals surface area contributed by atoms with Gasteiger partial charge in [0.15, 0.2) is 22.8 Å². The van der Waals surface area contributed by atoms with Crippen LogP contribution in [0.1, 0.15) is 18.4 Å². The minimum Gasteiger partial charge on any atom is -0.493 e. The fraction of sp³-hybridized carbons (Fsp3) is 0.312. The van der Waals surface area contributed by atoms with Crippen molar-refractivity contribution in [2.45, 2.75) is 20.3 Å². The van der Waals surface area contributed by atoms with Gasteiger partial charge >= 0.3 is 0 Å². The van der Waals surface area contributed by atoms with E-state index in [9.17, 15) is 4.79 Å². The highest BCUT2D eigenvalue weighted by Gasteiger charge is 2.15. The molecule has 0 aliphatic carbocycles. The van der Waals surface area contributed by atoms with Gasteiger partial charge in [0.2, 0.25) is 0 Å². The van der Waals surface area contributed by atoms with Gasteiger partial charge in [0.05, 0.1) is 19.9 Å². The van der Waals surface area contributed by atoms with Crippen molar-refractivity contribution in [2.24, 2.45) is 0 Å². The van der Waals surface area contributed by atoms with E-state index in [0.29, 0.717) is 35.1 Å². The monoisotopic (exact) mass is 314 g/mol. The highest BCUT2D eigenvalue weighted by molar-refractivity contribution is 5.62. The Balaban J connectivity index is 2.21. The lowest BCUT2D eigenvalue weighted by atomic mass is 10.2. The Bertz CT molecular complexity index is 927. The van der Waals surface area contributed by atoms with E-state index >= 15 is 0 Å². The molecule has 2 aromatic heterocycles. The minimum atomic E-state index is -0.206. The number of nitrogens with zero attached hydrogens (tertiary/aromatic N) is 3. The molecule has 0 amide bonds. The molecule has 23 heavy (non-hydrogen) atoms. The second-order valence-electron chi connectivity index (χ2n) is 5.09. The second kappa shape index (κ2) is 5.75. The van der Waals surface area contributed by atoms with Gasteiger partial charge in [-0.2, -0.15) is 0 Å². The van der Waals surface area contributed by atoms with Crippen LogP contribution in [0.25, 0.3) is 16.9 Å². The third-order valence-electron chi connectivity index (χ3n) is 3.73. The number of aromatic amines is 1. The topological polar surface area (TPSA) is 81.5 Å². The van der Waals surface area contributed by atoms with Gasteiger partial charge in [-0.25, -0.2) is 9.50 Å². The van der Waals surface area contributed by atoms with Crippen LogP contribution < -0.4 is 15.0 Å². The third-order valence-corrected chi connectivity index (χ3v) is 3.73. The van der Waals surface area contributed by atoms with Gasteiger partial charge in [0.25, 0.3) is 5.56 Å². The minimum absolute atomic E-state index is 0.206. The maximum Gasteiger partial charge on any atom is 0.277 e. The molecule has 0 radical (unpaired) electrons. The SMILES string of the molecule is CCc1nc(C)n2nc(-c3ccc(OC)c(OC)c3)[nH]c(=O)c12. The fourth-order valence-corrected chi connectivity index (χ4v) is 2.58. The molecule has 0 atom stereocenters. The molecule has 1 aromatic carbocycles. The van der Waals surface area contributed by atoms with Crippen molar-refractivity contribution in [1.82, 2.24) is 19.6 Å². The predicted molar refractivity (Wildman–Crippen MR) is 86.3 cm³/mol. The number of aryl methyl sites for hydroxylation is 2. The Hall–Kier alpha value is -2.83. The summed E-state index contributed by atoms with van der Waals surface area (Å²) in [6.45, 7) is 3.79. The highest BCUT2D eigenvalue weighted by atomic mass is 16.5. The molecule has 0 aliphatic rings. The quantitative estimate of drug-likeness (QED) is 0.796. The molecular formula is C16H18N4O3. The normalized spacial score (nSPS) is 11.0. The van der Waals surface area contributed by atoms with Crippen LogP contribution in [-0.4, -0.2) is 33.8 Å². The van der Waals surface area contributed by atoms with Gasteiger partial charge in [0, 0.05) is 5.56 Å². The van der Waals surface area contributed by atoms with Gasteiger partial charge in [0.1, 0.15) is 5.82 Å². The number of fused-ring (bicyclic) bond motifs is 1. The summed E-state index contributed by atoms with van der Waals surface area (Å²) >= 11 is 0. The molecular weight excluding hydrogens is 296 g/mol. The molecule has 2 heterocycles. The Morgan fingerprint density at radius 3 is 2.61 bits per heavy atom. The van der Waals surface area contributed by atoms with Crippen molar-refractivity contribution in [3.63, 3.8) is 0 Å². The van der Waals surface area contributed by atoms with Crippen LogP contribution in [-0.2, 0) is 6.42 Å². The van der Waals surface area contributed by atoms with Crippen LogP contribution in [0, 0.1) is 6.92 Å². The van der Waals surface area contributed by atoms with Crippen molar-refractivity contribution >= 4 is 5.52 Å². The van der Waals surface area contributed by atoms with E-state index in [2.05, 4.69) is 15.1 Å². The summed E-state index contributed by atoms with van der Waals surface area (Å²) < 4.78 is 12.1. The smallest absolute Gasteiger partial charge is 0.277 e. The molecule has 0 bridgehead atoms. The second-order valence-corrected chi connectivity index (χ2v) is 5.09. The number of hydrogen-bond donors (Lipinski definition) is 1. The number of aromatic nitrogens is 4. The summed E-state index contributed by atoms with van der Waals surface area (Å²) in [5.74, 6) is 2.33. The van der Waals surface area contributed by atoms with Crippen molar-refractivity contribution in [1.29, 1.82) is 0 Å². The zero-order valence-corrected chi connectivity index (χ0v) is 13.5. The molecule has 0 unspecified atom stereocenters. The molecule has 0 spiro atoms. The van der Waals surface area contributed by atoms with E-state index in [1.54, 1.807) is 30.9 Å². The molecule has 7 nitrogen and oxygen atoms in total. The Morgan fingerprint density at radius 1 is 1.22 bits per heavy atom. The lowest BCUT2D eigenvalue weighted by molar-refractivity contribution is 0.355. The number of rotatable bonds is 4. The van der Waals surface area contributed by atoms with Crippen LogP contribution in [0.2, 0.25) is 0 Å². The number of imidazole rings is 1. The van der Waals surface area contributed by atoms with Gasteiger partial charge < -0.3 is 14.5 Å². The largest absolute Gasteiger partial charge is 0.493 e. The number of H-pyrrole nitrogens is 1. The zero-order chi connectivity index (χ0) is 16.6. The number of methoxy groups -OCH3 is 2. The lowest BCUT2D eigenvalue weighted by Gasteiger charge is -2.09. The van der Waals surface area contributed by atoms with E-state index < -0.39 is 0 Å². The summed E-state index contributed by atoms with van der Waals surface area (Å²) in [6.07, 6.45) is 0.678. The fourth-order valence-electron chi connectivity index (χ4n) is 2.58. The summed E-state index contributed by atoms with van der Waals surface area (Å²) in [7, 11) is 3.14. The van der Waals surface area contributed by atoms with Gasteiger partial charge in [-0.1, -0.05) is 6.92 Å². The highest BCUT2D eigenvalue weighted by Crippen LogP contribution is 2.30. The maximum atomic E-state index is 12.4. The Labute approximate surface area is 132 Å². The molecule has 0 saturated carbocycles. The molecule has 0 saturated heterocycles. The lowest BCUT2D eigenvalue weighted by Crippen LogP contribution is -2.15. The van der Waals surface area contributed by atoms with Gasteiger partial charge in [-0.3, -0.25) is 4.79 Å². The molecule has 0 aliphatic heterocycles. The molecule has 7 heteroatoms. The van der Waals surface area contributed by atoms with Crippen molar-refractivity contribution in [3.8, 4) is 22.9 Å². The molecule has 3 rings (SSSR count). The number of hydrogen-bond acceptors (Lipinski definition) is 5. The maximum absolute atomic E-state index is 12.4. The van der Waals surface area contributed by atoms with Crippen molar-refractivity contribution < 1.29 is 9.47 Å². The van der Waals surface area contributed by atoms with E-state index in [0.717, 1.165) is 11.3 Å². The molecule has 0 fully saturated rings. The summed E-state index contributed by atoms with van der Waals surface area (Å²) in [5, 5.41) is 4.51. The summed E-state index contributed by atoms with van der Waals surface area (Å²) in [6, 6.07) is 5.37. The summed E-state index contributed by atoms with van der Waals surface area (Å²) in [4.78, 5) is 19.7. The van der Waals surface area contributed by atoms with Crippen LogP contribution in [0.5, 0.6) is 11.5 Å². The van der Waals surface area contributed by atoms with Crippen LogP contribution in [0.15, 0.2) is 23.0 Å². The van der Waals surface area contributed by atoms with Crippen molar-refractivity contribution in [3.05, 3.63) is 40.1 Å². The van der Waals surface area contributed by atoms with Crippen LogP contribution >= 0.6 is 0 Å². The molecule has 3 aromatic rings. The number of benzene rings is 1. The molecule has 1 N–H and O–H groups in total. The number of ether oxygens (including phenoxy) is 2. The van der Waals surface area contributed by atoms with Crippen LogP contribution in [0.3, 0.4) is 0 Å². The number of nitrogens with one attached hydrogen (secondary N) is 1. The van der Waals surface area contributed by atoms with E-state index in [1.807, 2.05) is 19.9 Å². The van der Waals surface area contributed by atoms with Gasteiger partial charge in [-0.15, -0.1) is 5.10 Å². The van der Waals surface area contributed by atoms with Gasteiger partial charge in [-0.05, 0) is 31.5 Å². The van der Waals surface area contributed by atoms with E-state index in [4.69, 9.17) is 9.47 Å². The first kappa shape index (κ1) is 15.1. The Morgan fingerprint density at radius 2 is 1.96 bits per heavy atom. The first-order valence-electron chi connectivity index (χ1n) is 7.30. The average molecular weight is 314 g/mol. The zero-order valence-electron chi connectivity index (χ0n) is 13.5. The third kappa shape index (κ3) is 2.44. The molecule has 120 valence electrons. The first-order chi connectivity index (χ1) is 11.1. The first-order valence-corrected chi connectivity index (χ1v) is 7.30. The van der Waals surface area contributed by atoms with E-state index in [-0.39, 0.29) is 5.56 Å². The van der Waals surface area contributed by atoms with Crippen LogP contribution in [0.4, 0.5) is 0 Å². The predicted octanol–water partition coefficient (Wildman–Crippen LogP) is 1.97. The van der Waals surface area contributed by atoms with E-state index in [1.165, 1.54) is 0 Å². The Kier molecular flexibility index (Phi) is 3.77. The average Bonchev–Trinajstić information content (AvgIpc) is 2.91. The summed E-state index contributed by atoms with van der Waals surface area (Å²) in [5.41, 5.74) is 1.76.